The summed E-state index contributed by atoms with van der Waals surface area (Å²) in [5.74, 6) is 0. The first-order chi connectivity index (χ1) is 9.60. The second kappa shape index (κ2) is 7.02. The zero-order chi connectivity index (χ0) is 14.5. The molecule has 0 amide bonds. The smallest absolute Gasteiger partial charge is 0.205 e. The Hall–Kier alpha value is -1.17. The van der Waals surface area contributed by atoms with Crippen molar-refractivity contribution in [2.24, 2.45) is 0 Å². The molecule has 6 heteroatoms. The number of nitrogens with zero attached hydrogens (tertiary/aromatic N) is 3. The van der Waals surface area contributed by atoms with Crippen LogP contribution in [0.2, 0.25) is 5.02 Å². The van der Waals surface area contributed by atoms with E-state index in [2.05, 4.69) is 47.4 Å². The largest absolute Gasteiger partial charge is 0.360 e. The van der Waals surface area contributed by atoms with Gasteiger partial charge in [-0.3, -0.25) is 4.90 Å². The van der Waals surface area contributed by atoms with E-state index in [1.54, 1.807) is 11.3 Å². The quantitative estimate of drug-likeness (QED) is 0.880. The minimum Gasteiger partial charge on any atom is -0.360 e. The molecule has 1 aromatic carbocycles. The molecule has 1 aromatic heterocycles. The number of nitrogens with one attached hydrogen (secondary N) is 1. The third-order valence-electron chi connectivity index (χ3n) is 3.17. The fourth-order valence-corrected chi connectivity index (χ4v) is 2.98. The molecule has 0 aliphatic carbocycles. The normalized spacial score (nSPS) is 12.7. The summed E-state index contributed by atoms with van der Waals surface area (Å²) in [4.78, 5) is 2.24. The van der Waals surface area contributed by atoms with Crippen LogP contribution in [0.1, 0.15) is 30.5 Å². The van der Waals surface area contributed by atoms with E-state index in [4.69, 9.17) is 11.6 Å². The Labute approximate surface area is 128 Å². The number of benzene rings is 1. The van der Waals surface area contributed by atoms with Gasteiger partial charge in [-0.05, 0) is 38.6 Å². The molecule has 0 fully saturated rings. The van der Waals surface area contributed by atoms with Crippen LogP contribution in [-0.4, -0.2) is 28.7 Å². The minimum atomic E-state index is 0.278. The fourth-order valence-electron chi connectivity index (χ4n) is 1.91. The lowest BCUT2D eigenvalue weighted by Gasteiger charge is -2.24. The zero-order valence-electron chi connectivity index (χ0n) is 11.9. The predicted molar refractivity (Wildman–Crippen MR) is 85.4 cm³/mol. The van der Waals surface area contributed by atoms with E-state index < -0.39 is 0 Å². The van der Waals surface area contributed by atoms with Crippen molar-refractivity contribution < 1.29 is 0 Å². The summed E-state index contributed by atoms with van der Waals surface area (Å²) in [7, 11) is 2.08. The standard InChI is InChI=1S/C14H19ClN4S/c1-4-16-14-18-17-13(20-14)9-19(3)10(2)11-6-5-7-12(15)8-11/h5-8,10H,4,9H2,1-3H3,(H,16,18). The molecule has 1 unspecified atom stereocenters. The van der Waals surface area contributed by atoms with Crippen LogP contribution in [0.3, 0.4) is 0 Å². The lowest BCUT2D eigenvalue weighted by atomic mass is 10.1. The summed E-state index contributed by atoms with van der Waals surface area (Å²) >= 11 is 7.65. The molecule has 0 saturated heterocycles. The van der Waals surface area contributed by atoms with Crippen LogP contribution in [0.15, 0.2) is 24.3 Å². The summed E-state index contributed by atoms with van der Waals surface area (Å²) in [5, 5.41) is 14.2. The Morgan fingerprint density at radius 2 is 2.20 bits per heavy atom. The summed E-state index contributed by atoms with van der Waals surface area (Å²) in [6, 6.07) is 8.26. The van der Waals surface area contributed by atoms with Crippen LogP contribution in [0, 0.1) is 0 Å². The van der Waals surface area contributed by atoms with E-state index in [0.717, 1.165) is 28.3 Å². The summed E-state index contributed by atoms with van der Waals surface area (Å²) in [5.41, 5.74) is 1.21. The molecule has 4 nitrogen and oxygen atoms in total. The zero-order valence-corrected chi connectivity index (χ0v) is 13.5. The first kappa shape index (κ1) is 15.2. The van der Waals surface area contributed by atoms with Gasteiger partial charge < -0.3 is 5.32 Å². The van der Waals surface area contributed by atoms with E-state index in [1.807, 2.05) is 18.2 Å². The highest BCUT2D eigenvalue weighted by Gasteiger charge is 2.14. The molecular weight excluding hydrogens is 292 g/mol. The SMILES string of the molecule is CCNc1nnc(CN(C)C(C)c2cccc(Cl)c2)s1. The molecule has 0 radical (unpaired) electrons. The maximum absolute atomic E-state index is 6.04. The van der Waals surface area contributed by atoms with Crippen molar-refractivity contribution in [1.29, 1.82) is 0 Å². The van der Waals surface area contributed by atoms with Crippen molar-refractivity contribution in [2.45, 2.75) is 26.4 Å². The molecule has 2 aromatic rings. The van der Waals surface area contributed by atoms with Gasteiger partial charge in [-0.25, -0.2) is 0 Å². The van der Waals surface area contributed by atoms with E-state index in [-0.39, 0.29) is 6.04 Å². The molecule has 1 N–H and O–H groups in total. The van der Waals surface area contributed by atoms with E-state index >= 15 is 0 Å². The Morgan fingerprint density at radius 1 is 1.40 bits per heavy atom. The minimum absolute atomic E-state index is 0.278. The molecule has 0 saturated carbocycles. The van der Waals surface area contributed by atoms with Gasteiger partial charge in [0.1, 0.15) is 5.01 Å². The molecular formula is C14H19ClN4S. The molecule has 0 bridgehead atoms. The van der Waals surface area contributed by atoms with E-state index in [0.29, 0.717) is 0 Å². The number of halogens is 1. The average molecular weight is 311 g/mol. The number of aromatic nitrogens is 2. The van der Waals surface area contributed by atoms with E-state index in [1.165, 1.54) is 5.56 Å². The Morgan fingerprint density at radius 3 is 2.90 bits per heavy atom. The highest BCUT2D eigenvalue weighted by Crippen LogP contribution is 2.24. The van der Waals surface area contributed by atoms with Crippen LogP contribution < -0.4 is 5.32 Å². The Balaban J connectivity index is 2.01. The fraction of sp³-hybridized carbons (Fsp3) is 0.429. The Kier molecular flexibility index (Phi) is 5.34. The Bertz CT molecular complexity index is 558. The molecule has 2 rings (SSSR count). The molecule has 1 heterocycles. The molecule has 20 heavy (non-hydrogen) atoms. The van der Waals surface area contributed by atoms with Crippen molar-refractivity contribution in [1.82, 2.24) is 15.1 Å². The molecule has 0 aliphatic heterocycles. The van der Waals surface area contributed by atoms with Crippen molar-refractivity contribution in [3.8, 4) is 0 Å². The van der Waals surface area contributed by atoms with Crippen LogP contribution in [0.4, 0.5) is 5.13 Å². The highest BCUT2D eigenvalue weighted by molar-refractivity contribution is 7.15. The second-order valence-electron chi connectivity index (χ2n) is 4.68. The van der Waals surface area contributed by atoms with Crippen molar-refractivity contribution in [3.05, 3.63) is 39.9 Å². The van der Waals surface area contributed by atoms with Gasteiger partial charge in [0, 0.05) is 17.6 Å². The first-order valence-electron chi connectivity index (χ1n) is 6.62. The molecule has 0 aliphatic rings. The first-order valence-corrected chi connectivity index (χ1v) is 7.81. The van der Waals surface area contributed by atoms with Crippen molar-refractivity contribution >= 4 is 28.1 Å². The van der Waals surface area contributed by atoms with Crippen LogP contribution >= 0.6 is 22.9 Å². The lowest BCUT2D eigenvalue weighted by Crippen LogP contribution is -2.21. The van der Waals surface area contributed by atoms with Crippen LogP contribution in [0.25, 0.3) is 0 Å². The topological polar surface area (TPSA) is 41.1 Å². The van der Waals surface area contributed by atoms with Crippen LogP contribution in [-0.2, 0) is 6.54 Å². The molecule has 108 valence electrons. The number of anilines is 1. The van der Waals surface area contributed by atoms with Gasteiger partial charge >= 0.3 is 0 Å². The van der Waals surface area contributed by atoms with Crippen LogP contribution in [0.5, 0.6) is 0 Å². The van der Waals surface area contributed by atoms with Gasteiger partial charge in [0.05, 0.1) is 6.54 Å². The number of rotatable bonds is 6. The monoisotopic (exact) mass is 310 g/mol. The maximum atomic E-state index is 6.04. The number of hydrogen-bond donors (Lipinski definition) is 1. The maximum Gasteiger partial charge on any atom is 0.205 e. The van der Waals surface area contributed by atoms with Gasteiger partial charge in [0.25, 0.3) is 0 Å². The van der Waals surface area contributed by atoms with Gasteiger partial charge in [0.15, 0.2) is 0 Å². The van der Waals surface area contributed by atoms with Crippen molar-refractivity contribution in [3.63, 3.8) is 0 Å². The second-order valence-corrected chi connectivity index (χ2v) is 6.18. The van der Waals surface area contributed by atoms with Gasteiger partial charge in [-0.1, -0.05) is 35.1 Å². The number of hydrogen-bond acceptors (Lipinski definition) is 5. The third kappa shape index (κ3) is 3.91. The summed E-state index contributed by atoms with van der Waals surface area (Å²) in [6.07, 6.45) is 0. The average Bonchev–Trinajstić information content (AvgIpc) is 2.85. The van der Waals surface area contributed by atoms with Gasteiger partial charge in [0.2, 0.25) is 5.13 Å². The van der Waals surface area contributed by atoms with E-state index in [9.17, 15) is 0 Å². The highest BCUT2D eigenvalue weighted by atomic mass is 35.5. The third-order valence-corrected chi connectivity index (χ3v) is 4.27. The van der Waals surface area contributed by atoms with Gasteiger partial charge in [-0.15, -0.1) is 10.2 Å². The summed E-state index contributed by atoms with van der Waals surface area (Å²) < 4.78 is 0. The van der Waals surface area contributed by atoms with Gasteiger partial charge in [-0.2, -0.15) is 0 Å². The molecule has 0 spiro atoms. The lowest BCUT2D eigenvalue weighted by molar-refractivity contribution is 0.252. The van der Waals surface area contributed by atoms with Crippen molar-refractivity contribution in [2.75, 3.05) is 18.9 Å². The molecule has 1 atom stereocenters. The summed E-state index contributed by atoms with van der Waals surface area (Å²) in [6.45, 7) is 5.85. The predicted octanol–water partition coefficient (Wildman–Crippen LogP) is 3.82.